The van der Waals surface area contributed by atoms with Crippen LogP contribution in [-0.4, -0.2) is 21.8 Å². The van der Waals surface area contributed by atoms with Gasteiger partial charge in [0.15, 0.2) is 0 Å². The average Bonchev–Trinajstić information content (AvgIpc) is 2.73. The topological polar surface area (TPSA) is 73.0 Å². The van der Waals surface area contributed by atoms with Gasteiger partial charge in [0.05, 0.1) is 10.6 Å². The van der Waals surface area contributed by atoms with E-state index in [1.165, 1.54) is 10.9 Å². The zero-order valence-electron chi connectivity index (χ0n) is 8.92. The summed E-state index contributed by atoms with van der Waals surface area (Å²) in [6, 6.07) is 6.87. The van der Waals surface area contributed by atoms with Crippen molar-refractivity contribution in [3.63, 3.8) is 0 Å². The van der Waals surface area contributed by atoms with Crippen LogP contribution in [0.25, 0.3) is 5.69 Å². The fourth-order valence-electron chi connectivity index (χ4n) is 1.49. The summed E-state index contributed by atoms with van der Waals surface area (Å²) in [5, 5.41) is 18.1. The monoisotopic (exact) mass is 252 g/mol. The molecule has 1 heterocycles. The normalized spacial score (nSPS) is 10.2. The number of anilines is 1. The van der Waals surface area contributed by atoms with Crippen molar-refractivity contribution in [2.75, 3.05) is 12.4 Å². The number of nitrogens with one attached hydrogen (secondary N) is 1. The highest BCUT2D eigenvalue weighted by molar-refractivity contribution is 6.30. The first-order chi connectivity index (χ1) is 8.13. The van der Waals surface area contributed by atoms with Crippen molar-refractivity contribution in [3.05, 3.63) is 45.6 Å². The van der Waals surface area contributed by atoms with Crippen molar-refractivity contribution >= 4 is 23.1 Å². The van der Waals surface area contributed by atoms with Gasteiger partial charge in [-0.3, -0.25) is 10.1 Å². The summed E-state index contributed by atoms with van der Waals surface area (Å²) in [4.78, 5) is 10.3. The maximum Gasteiger partial charge on any atom is 0.331 e. The highest BCUT2D eigenvalue weighted by Crippen LogP contribution is 2.26. The van der Waals surface area contributed by atoms with E-state index in [1.54, 1.807) is 31.3 Å². The van der Waals surface area contributed by atoms with Gasteiger partial charge in [-0.1, -0.05) is 11.6 Å². The Bertz CT molecular complexity index is 550. The van der Waals surface area contributed by atoms with Gasteiger partial charge in [-0.15, -0.1) is 0 Å². The van der Waals surface area contributed by atoms with Crippen molar-refractivity contribution in [1.82, 2.24) is 9.78 Å². The molecule has 0 spiro atoms. The highest BCUT2D eigenvalue weighted by Gasteiger charge is 2.19. The molecule has 0 atom stereocenters. The van der Waals surface area contributed by atoms with E-state index in [0.717, 1.165) is 0 Å². The Hall–Kier alpha value is -2.08. The van der Waals surface area contributed by atoms with Gasteiger partial charge < -0.3 is 5.32 Å². The molecule has 0 saturated carbocycles. The summed E-state index contributed by atoms with van der Waals surface area (Å²) in [7, 11) is 1.61. The first-order valence-electron chi connectivity index (χ1n) is 4.79. The molecule has 2 rings (SSSR count). The predicted octanol–water partition coefficient (Wildman–Crippen LogP) is 2.48. The predicted molar refractivity (Wildman–Crippen MR) is 64.8 cm³/mol. The van der Waals surface area contributed by atoms with E-state index in [1.807, 2.05) is 0 Å². The summed E-state index contributed by atoms with van der Waals surface area (Å²) < 4.78 is 1.45. The Morgan fingerprint density at radius 3 is 2.59 bits per heavy atom. The lowest BCUT2D eigenvalue weighted by Gasteiger charge is -2.05. The lowest BCUT2D eigenvalue weighted by molar-refractivity contribution is -0.384. The summed E-state index contributed by atoms with van der Waals surface area (Å²) in [6.45, 7) is 0. The second-order valence-electron chi connectivity index (χ2n) is 3.27. The fraction of sp³-hybridized carbons (Fsp3) is 0.100. The Labute approximate surface area is 102 Å². The van der Waals surface area contributed by atoms with Crippen LogP contribution in [0.15, 0.2) is 30.5 Å². The molecule has 0 aliphatic rings. The first kappa shape index (κ1) is 11.4. The van der Waals surface area contributed by atoms with Crippen LogP contribution in [0.3, 0.4) is 0 Å². The van der Waals surface area contributed by atoms with Crippen molar-refractivity contribution < 1.29 is 4.92 Å². The molecule has 0 saturated heterocycles. The van der Waals surface area contributed by atoms with Gasteiger partial charge in [-0.05, 0) is 24.3 Å². The molecule has 2 aromatic rings. The molecule has 1 aromatic heterocycles. The molecule has 0 fully saturated rings. The largest absolute Gasteiger partial charge is 0.367 e. The Morgan fingerprint density at radius 1 is 1.41 bits per heavy atom. The summed E-state index contributed by atoms with van der Waals surface area (Å²) >= 11 is 5.77. The zero-order chi connectivity index (χ0) is 12.4. The number of benzene rings is 1. The second-order valence-corrected chi connectivity index (χ2v) is 3.71. The Kier molecular flexibility index (Phi) is 2.97. The van der Waals surface area contributed by atoms with E-state index in [2.05, 4.69) is 10.4 Å². The average molecular weight is 253 g/mol. The number of nitrogens with zero attached hydrogens (tertiary/aromatic N) is 3. The lowest BCUT2D eigenvalue weighted by atomic mass is 10.3. The number of halogens is 1. The van der Waals surface area contributed by atoms with E-state index in [0.29, 0.717) is 16.5 Å². The molecule has 0 amide bonds. The molecule has 0 radical (unpaired) electrons. The number of aromatic nitrogens is 2. The van der Waals surface area contributed by atoms with E-state index in [4.69, 9.17) is 11.6 Å². The van der Waals surface area contributed by atoms with Gasteiger partial charge in [-0.2, -0.15) is 5.10 Å². The molecule has 0 bridgehead atoms. The second kappa shape index (κ2) is 4.42. The molecule has 0 aliphatic heterocycles. The van der Waals surface area contributed by atoms with E-state index in [-0.39, 0.29) is 5.69 Å². The van der Waals surface area contributed by atoms with Crippen LogP contribution in [-0.2, 0) is 0 Å². The number of rotatable bonds is 3. The van der Waals surface area contributed by atoms with Gasteiger partial charge in [0, 0.05) is 12.1 Å². The van der Waals surface area contributed by atoms with E-state index < -0.39 is 4.92 Å². The molecule has 7 heteroatoms. The molecule has 0 unspecified atom stereocenters. The molecule has 6 nitrogen and oxygen atoms in total. The van der Waals surface area contributed by atoms with Crippen LogP contribution >= 0.6 is 11.6 Å². The van der Waals surface area contributed by atoms with Crippen LogP contribution < -0.4 is 5.32 Å². The van der Waals surface area contributed by atoms with Crippen LogP contribution in [0.5, 0.6) is 0 Å². The minimum Gasteiger partial charge on any atom is -0.367 e. The highest BCUT2D eigenvalue weighted by atomic mass is 35.5. The number of hydrogen-bond acceptors (Lipinski definition) is 4. The summed E-state index contributed by atoms with van der Waals surface area (Å²) in [5.41, 5.74) is 0.634. The molecule has 88 valence electrons. The van der Waals surface area contributed by atoms with Crippen LogP contribution in [0.2, 0.25) is 5.02 Å². The van der Waals surface area contributed by atoms with E-state index >= 15 is 0 Å². The molecular formula is C10H9ClN4O2. The minimum atomic E-state index is -0.481. The minimum absolute atomic E-state index is 0.0672. The summed E-state index contributed by atoms with van der Waals surface area (Å²) in [6.07, 6.45) is 1.21. The lowest BCUT2D eigenvalue weighted by Crippen LogP contribution is -2.03. The molecular weight excluding hydrogens is 244 g/mol. The molecule has 0 aliphatic carbocycles. The van der Waals surface area contributed by atoms with Gasteiger partial charge in [0.2, 0.25) is 5.82 Å². The van der Waals surface area contributed by atoms with Crippen LogP contribution in [0.4, 0.5) is 11.5 Å². The third-order valence-electron chi connectivity index (χ3n) is 2.25. The van der Waals surface area contributed by atoms with Gasteiger partial charge in [0.25, 0.3) is 0 Å². The first-order valence-corrected chi connectivity index (χ1v) is 5.17. The zero-order valence-corrected chi connectivity index (χ0v) is 9.68. The summed E-state index contributed by atoms with van der Waals surface area (Å²) in [5.74, 6) is 0.331. The Morgan fingerprint density at radius 2 is 2.06 bits per heavy atom. The number of nitro groups is 1. The quantitative estimate of drug-likeness (QED) is 0.673. The third-order valence-corrected chi connectivity index (χ3v) is 2.51. The molecule has 1 N–H and O–H groups in total. The van der Waals surface area contributed by atoms with Gasteiger partial charge >= 0.3 is 5.69 Å². The molecule has 1 aromatic carbocycles. The fourth-order valence-corrected chi connectivity index (χ4v) is 1.61. The van der Waals surface area contributed by atoms with Gasteiger partial charge in [-0.25, -0.2) is 4.68 Å². The van der Waals surface area contributed by atoms with E-state index in [9.17, 15) is 10.1 Å². The SMILES string of the molecule is CNc1c([N+](=O)[O-])cnn1-c1ccc(Cl)cc1. The van der Waals surface area contributed by atoms with Crippen molar-refractivity contribution in [1.29, 1.82) is 0 Å². The van der Waals surface area contributed by atoms with Crippen LogP contribution in [0.1, 0.15) is 0 Å². The Balaban J connectivity index is 2.52. The standard InChI is InChI=1S/C10H9ClN4O2/c1-12-10-9(15(16)17)6-13-14(10)8-4-2-7(11)3-5-8/h2-6,12H,1H3. The third kappa shape index (κ3) is 2.07. The van der Waals surface area contributed by atoms with Crippen molar-refractivity contribution in [3.8, 4) is 5.69 Å². The maximum atomic E-state index is 10.8. The number of hydrogen-bond donors (Lipinski definition) is 1. The van der Waals surface area contributed by atoms with Crippen molar-refractivity contribution in [2.45, 2.75) is 0 Å². The van der Waals surface area contributed by atoms with Crippen LogP contribution in [0, 0.1) is 10.1 Å². The smallest absolute Gasteiger partial charge is 0.331 e. The molecule has 17 heavy (non-hydrogen) atoms. The van der Waals surface area contributed by atoms with Crippen molar-refractivity contribution in [2.24, 2.45) is 0 Å². The maximum absolute atomic E-state index is 10.8. The van der Waals surface area contributed by atoms with Gasteiger partial charge in [0.1, 0.15) is 6.20 Å².